The summed E-state index contributed by atoms with van der Waals surface area (Å²) in [7, 11) is 2.21. The van der Waals surface area contributed by atoms with E-state index in [9.17, 15) is 5.11 Å². The Bertz CT molecular complexity index is 351. The Kier molecular flexibility index (Phi) is 5.07. The fourth-order valence-corrected chi connectivity index (χ4v) is 5.04. The van der Waals surface area contributed by atoms with Crippen LogP contribution in [0.25, 0.3) is 0 Å². The molecule has 21 heavy (non-hydrogen) atoms. The first kappa shape index (κ1) is 17.2. The molecule has 2 fully saturated rings. The Labute approximate surface area is 131 Å². The number of quaternary nitrogens is 1. The van der Waals surface area contributed by atoms with Gasteiger partial charge in [0.25, 0.3) is 0 Å². The highest BCUT2D eigenvalue weighted by Crippen LogP contribution is 2.60. The van der Waals surface area contributed by atoms with Gasteiger partial charge in [-0.1, -0.05) is 20.8 Å². The van der Waals surface area contributed by atoms with Crippen LogP contribution in [0.1, 0.15) is 47.5 Å². The van der Waals surface area contributed by atoms with Gasteiger partial charge in [0.2, 0.25) is 0 Å². The molecule has 2 rings (SSSR count). The van der Waals surface area contributed by atoms with E-state index in [1.165, 1.54) is 12.8 Å². The standard InChI is InChI=1S/C18H36NO2/c1-7-19(6,8-2)11-14(20)12-21-17-13(3)15-9-10-16(17)18(15,4)5/h13-17,20H,7-12H2,1-6H3/q+1/t13-,14-,15-,16-,17+/m0/s1. The second-order valence-corrected chi connectivity index (χ2v) is 8.36. The van der Waals surface area contributed by atoms with Crippen LogP contribution in [0.4, 0.5) is 0 Å². The molecule has 0 heterocycles. The quantitative estimate of drug-likeness (QED) is 0.732. The fraction of sp³-hybridized carbons (Fsp3) is 1.00. The number of nitrogens with zero attached hydrogens (tertiary/aromatic N) is 1. The van der Waals surface area contributed by atoms with Gasteiger partial charge in [0.05, 0.1) is 32.8 Å². The van der Waals surface area contributed by atoms with Crippen LogP contribution >= 0.6 is 0 Å². The average molecular weight is 298 g/mol. The molecule has 0 aromatic heterocycles. The van der Waals surface area contributed by atoms with Crippen LogP contribution in [-0.4, -0.2) is 55.1 Å². The molecule has 0 radical (unpaired) electrons. The molecule has 2 bridgehead atoms. The normalized spacial score (nSPS) is 36.1. The fourth-order valence-electron chi connectivity index (χ4n) is 5.04. The maximum Gasteiger partial charge on any atom is 0.126 e. The molecule has 1 N–H and O–H groups in total. The zero-order chi connectivity index (χ0) is 15.8. The summed E-state index contributed by atoms with van der Waals surface area (Å²) in [4.78, 5) is 0. The van der Waals surface area contributed by atoms with Gasteiger partial charge in [-0.3, -0.25) is 0 Å². The highest BCUT2D eigenvalue weighted by molar-refractivity contribution is 5.06. The molecule has 0 amide bonds. The van der Waals surface area contributed by atoms with Crippen LogP contribution in [-0.2, 0) is 4.74 Å². The summed E-state index contributed by atoms with van der Waals surface area (Å²) in [6.07, 6.45) is 2.68. The van der Waals surface area contributed by atoms with Gasteiger partial charge in [-0.2, -0.15) is 0 Å². The van der Waals surface area contributed by atoms with Gasteiger partial charge in [-0.15, -0.1) is 0 Å². The summed E-state index contributed by atoms with van der Waals surface area (Å²) in [5, 5.41) is 10.4. The van der Waals surface area contributed by atoms with Crippen LogP contribution in [0.2, 0.25) is 0 Å². The van der Waals surface area contributed by atoms with Crippen molar-refractivity contribution in [1.82, 2.24) is 0 Å². The Balaban J connectivity index is 1.87. The summed E-state index contributed by atoms with van der Waals surface area (Å²) >= 11 is 0. The van der Waals surface area contributed by atoms with Gasteiger partial charge in [-0.05, 0) is 49.9 Å². The van der Waals surface area contributed by atoms with Gasteiger partial charge in [0.1, 0.15) is 12.6 Å². The number of hydrogen-bond donors (Lipinski definition) is 1. The molecule has 0 unspecified atom stereocenters. The van der Waals surface area contributed by atoms with Crippen molar-refractivity contribution < 1.29 is 14.3 Å². The van der Waals surface area contributed by atoms with E-state index in [1.54, 1.807) is 0 Å². The number of aliphatic hydroxyl groups excluding tert-OH is 1. The van der Waals surface area contributed by atoms with E-state index in [4.69, 9.17) is 4.74 Å². The predicted octanol–water partition coefficient (Wildman–Crippen LogP) is 2.92. The monoisotopic (exact) mass is 298 g/mol. The van der Waals surface area contributed by atoms with Crippen LogP contribution in [0, 0.1) is 23.2 Å². The lowest BCUT2D eigenvalue weighted by atomic mass is 9.80. The Morgan fingerprint density at radius 3 is 2.24 bits per heavy atom. The largest absolute Gasteiger partial charge is 0.385 e. The first-order valence-electron chi connectivity index (χ1n) is 8.88. The zero-order valence-corrected chi connectivity index (χ0v) is 14.9. The minimum absolute atomic E-state index is 0.343. The summed E-state index contributed by atoms with van der Waals surface area (Å²) in [5.41, 5.74) is 0.423. The molecule has 0 aliphatic heterocycles. The van der Waals surface area contributed by atoms with Crippen molar-refractivity contribution in [2.24, 2.45) is 23.2 Å². The molecule has 0 spiro atoms. The van der Waals surface area contributed by atoms with Gasteiger partial charge < -0.3 is 14.3 Å². The number of hydrogen-bond acceptors (Lipinski definition) is 2. The van der Waals surface area contributed by atoms with Crippen molar-refractivity contribution in [2.45, 2.75) is 59.7 Å². The first-order valence-corrected chi connectivity index (χ1v) is 8.88. The van der Waals surface area contributed by atoms with E-state index in [0.717, 1.165) is 30.0 Å². The Hall–Kier alpha value is -0.120. The summed E-state index contributed by atoms with van der Waals surface area (Å²) < 4.78 is 7.14. The highest BCUT2D eigenvalue weighted by atomic mass is 16.5. The molecule has 2 aliphatic carbocycles. The van der Waals surface area contributed by atoms with Crippen LogP contribution in [0.3, 0.4) is 0 Å². The molecular formula is C18H36NO2+. The van der Waals surface area contributed by atoms with Crippen molar-refractivity contribution in [2.75, 3.05) is 33.3 Å². The molecule has 0 aromatic carbocycles. The van der Waals surface area contributed by atoms with Crippen molar-refractivity contribution in [1.29, 1.82) is 0 Å². The first-order chi connectivity index (χ1) is 9.75. The van der Waals surface area contributed by atoms with E-state index < -0.39 is 0 Å². The van der Waals surface area contributed by atoms with Crippen molar-refractivity contribution >= 4 is 0 Å². The smallest absolute Gasteiger partial charge is 0.126 e. The van der Waals surface area contributed by atoms with E-state index in [2.05, 4.69) is 41.7 Å². The molecule has 5 atom stereocenters. The maximum atomic E-state index is 10.4. The molecular weight excluding hydrogens is 262 g/mol. The second kappa shape index (κ2) is 6.17. The Morgan fingerprint density at radius 1 is 1.19 bits per heavy atom. The summed E-state index contributed by atoms with van der Waals surface area (Å²) in [5.74, 6) is 2.13. The summed E-state index contributed by atoms with van der Waals surface area (Å²) in [6, 6.07) is 0. The number of rotatable bonds is 7. The zero-order valence-electron chi connectivity index (χ0n) is 14.9. The Morgan fingerprint density at radius 2 is 1.76 bits per heavy atom. The summed E-state index contributed by atoms with van der Waals surface area (Å²) in [6.45, 7) is 15.0. The van der Waals surface area contributed by atoms with Gasteiger partial charge >= 0.3 is 0 Å². The van der Waals surface area contributed by atoms with Gasteiger partial charge in [-0.25, -0.2) is 0 Å². The van der Waals surface area contributed by atoms with Crippen LogP contribution in [0.5, 0.6) is 0 Å². The van der Waals surface area contributed by atoms with Crippen molar-refractivity contribution in [3.05, 3.63) is 0 Å². The van der Waals surface area contributed by atoms with E-state index in [0.29, 0.717) is 30.0 Å². The highest BCUT2D eigenvalue weighted by Gasteiger charge is 2.57. The third-order valence-electron chi connectivity index (χ3n) is 6.91. The van der Waals surface area contributed by atoms with Crippen molar-refractivity contribution in [3.8, 4) is 0 Å². The van der Waals surface area contributed by atoms with E-state index in [1.807, 2.05) is 0 Å². The van der Waals surface area contributed by atoms with Gasteiger partial charge in [0, 0.05) is 0 Å². The van der Waals surface area contributed by atoms with Crippen LogP contribution < -0.4 is 0 Å². The topological polar surface area (TPSA) is 29.5 Å². The molecule has 0 saturated heterocycles. The van der Waals surface area contributed by atoms with Gasteiger partial charge in [0.15, 0.2) is 0 Å². The number of aliphatic hydroxyl groups is 1. The van der Waals surface area contributed by atoms with Crippen LogP contribution in [0.15, 0.2) is 0 Å². The lowest BCUT2D eigenvalue weighted by Crippen LogP contribution is -2.50. The lowest BCUT2D eigenvalue weighted by Gasteiger charge is -2.35. The maximum absolute atomic E-state index is 10.4. The van der Waals surface area contributed by atoms with E-state index >= 15 is 0 Å². The predicted molar refractivity (Wildman–Crippen MR) is 87.0 cm³/mol. The molecule has 3 heteroatoms. The number of fused-ring (bicyclic) bond motifs is 2. The number of likely N-dealkylation sites (N-methyl/N-ethyl adjacent to an activating group) is 1. The van der Waals surface area contributed by atoms with E-state index in [-0.39, 0.29) is 6.10 Å². The molecule has 2 aliphatic rings. The minimum atomic E-state index is -0.343. The SMILES string of the molecule is CC[N+](C)(CC)C[C@H](O)CO[C@@H]1[C@@H](C)[C@@H]2CC[C@@H]1C2(C)C. The molecule has 0 aromatic rings. The number of ether oxygens (including phenoxy) is 1. The van der Waals surface area contributed by atoms with Crippen molar-refractivity contribution in [3.63, 3.8) is 0 Å². The minimum Gasteiger partial charge on any atom is -0.385 e. The molecule has 124 valence electrons. The lowest BCUT2D eigenvalue weighted by molar-refractivity contribution is -0.909. The third-order valence-corrected chi connectivity index (χ3v) is 6.91. The third kappa shape index (κ3) is 3.16. The molecule has 3 nitrogen and oxygen atoms in total. The molecule has 2 saturated carbocycles. The second-order valence-electron chi connectivity index (χ2n) is 8.36. The average Bonchev–Trinajstić information content (AvgIpc) is 2.83.